The van der Waals surface area contributed by atoms with E-state index in [1.165, 1.54) is 7.11 Å². The largest absolute Gasteiger partial charge is 0.469 e. The fourth-order valence-electron chi connectivity index (χ4n) is 2.78. The van der Waals surface area contributed by atoms with E-state index >= 15 is 0 Å². The number of nitrogens with zero attached hydrogens (tertiary/aromatic N) is 3. The lowest BCUT2D eigenvalue weighted by Gasteiger charge is -2.45. The van der Waals surface area contributed by atoms with Gasteiger partial charge >= 0.3 is 5.97 Å². The zero-order chi connectivity index (χ0) is 14.9. The average molecular weight is 279 g/mol. The fraction of sp³-hybridized carbons (Fsp3) is 0.733. The van der Waals surface area contributed by atoms with Gasteiger partial charge in [-0.25, -0.2) is 0 Å². The molecule has 1 aromatic rings. The summed E-state index contributed by atoms with van der Waals surface area (Å²) >= 11 is 0. The normalized spacial score (nSPS) is 22.1. The van der Waals surface area contributed by atoms with E-state index in [9.17, 15) is 4.79 Å². The first-order valence-electron chi connectivity index (χ1n) is 7.25. The van der Waals surface area contributed by atoms with E-state index in [1.807, 2.05) is 10.9 Å². The van der Waals surface area contributed by atoms with Gasteiger partial charge in [0.05, 0.1) is 24.9 Å². The van der Waals surface area contributed by atoms with E-state index in [0.29, 0.717) is 12.6 Å². The van der Waals surface area contributed by atoms with Crippen LogP contribution in [0.3, 0.4) is 0 Å². The van der Waals surface area contributed by atoms with Gasteiger partial charge in [-0.15, -0.1) is 0 Å². The van der Waals surface area contributed by atoms with Crippen LogP contribution in [0.5, 0.6) is 0 Å². The van der Waals surface area contributed by atoms with E-state index in [1.54, 1.807) is 0 Å². The molecule has 1 unspecified atom stereocenters. The van der Waals surface area contributed by atoms with Gasteiger partial charge in [-0.2, -0.15) is 5.10 Å². The minimum atomic E-state index is -0.109. The molecular formula is C15H25N3O2. The van der Waals surface area contributed by atoms with Gasteiger partial charge in [0.2, 0.25) is 0 Å². The number of esters is 1. The van der Waals surface area contributed by atoms with Crippen LogP contribution >= 0.6 is 0 Å². The molecule has 2 rings (SSSR count). The Labute approximate surface area is 120 Å². The second kappa shape index (κ2) is 5.46. The number of rotatable bonds is 3. The van der Waals surface area contributed by atoms with Crippen molar-refractivity contribution in [2.24, 2.45) is 5.92 Å². The van der Waals surface area contributed by atoms with E-state index < -0.39 is 0 Å². The number of anilines is 1. The van der Waals surface area contributed by atoms with Crippen LogP contribution in [0.15, 0.2) is 12.4 Å². The minimum absolute atomic E-state index is 0.0371. The van der Waals surface area contributed by atoms with Crippen molar-refractivity contribution >= 4 is 11.7 Å². The van der Waals surface area contributed by atoms with Crippen molar-refractivity contribution in [2.45, 2.75) is 52.1 Å². The summed E-state index contributed by atoms with van der Waals surface area (Å²) in [4.78, 5) is 14.1. The summed E-state index contributed by atoms with van der Waals surface area (Å²) < 4.78 is 6.85. The topological polar surface area (TPSA) is 47.4 Å². The molecule has 1 aliphatic heterocycles. The van der Waals surface area contributed by atoms with E-state index in [4.69, 9.17) is 4.74 Å². The highest BCUT2D eigenvalue weighted by atomic mass is 16.5. The third-order valence-corrected chi connectivity index (χ3v) is 4.20. The number of hydrogen-bond donors (Lipinski definition) is 0. The van der Waals surface area contributed by atoms with Crippen molar-refractivity contribution in [1.82, 2.24) is 9.78 Å². The second-order valence-corrected chi connectivity index (χ2v) is 6.45. The Balaban J connectivity index is 2.22. The predicted molar refractivity (Wildman–Crippen MR) is 78.8 cm³/mol. The SMILES string of the molecule is COC(=O)C1CCC(C)(C)N(c2cnn(C(C)C)c2)C1. The minimum Gasteiger partial charge on any atom is -0.469 e. The standard InChI is InChI=1S/C15H25N3O2/c1-11(2)18-10-13(8-16-18)17-9-12(14(19)20-5)6-7-15(17,3)4/h8,10-12H,6-7,9H2,1-5H3. The average Bonchev–Trinajstić information content (AvgIpc) is 2.87. The van der Waals surface area contributed by atoms with Gasteiger partial charge in [0, 0.05) is 24.3 Å². The molecule has 0 radical (unpaired) electrons. The Morgan fingerprint density at radius 1 is 1.50 bits per heavy atom. The summed E-state index contributed by atoms with van der Waals surface area (Å²) in [6.45, 7) is 9.34. The molecule has 1 saturated heterocycles. The van der Waals surface area contributed by atoms with Gasteiger partial charge in [0.25, 0.3) is 0 Å². The van der Waals surface area contributed by atoms with Crippen molar-refractivity contribution in [2.75, 3.05) is 18.6 Å². The third-order valence-electron chi connectivity index (χ3n) is 4.20. The number of carbonyl (C=O) groups excluding carboxylic acids is 1. The molecule has 0 spiro atoms. The van der Waals surface area contributed by atoms with Crippen LogP contribution in [0.1, 0.15) is 46.6 Å². The highest BCUT2D eigenvalue weighted by Gasteiger charge is 2.38. The number of hydrogen-bond acceptors (Lipinski definition) is 4. The Bertz CT molecular complexity index is 479. The van der Waals surface area contributed by atoms with Crippen LogP contribution in [0, 0.1) is 5.92 Å². The van der Waals surface area contributed by atoms with E-state index in [2.05, 4.69) is 43.9 Å². The summed E-state index contributed by atoms with van der Waals surface area (Å²) in [5, 5.41) is 4.41. The lowest BCUT2D eigenvalue weighted by molar-refractivity contribution is -0.146. The lowest BCUT2D eigenvalue weighted by Crippen LogP contribution is -2.52. The Kier molecular flexibility index (Phi) is 4.06. The van der Waals surface area contributed by atoms with Gasteiger partial charge in [-0.3, -0.25) is 9.48 Å². The molecule has 2 heterocycles. The van der Waals surface area contributed by atoms with Crippen LogP contribution in [-0.4, -0.2) is 34.9 Å². The first-order valence-corrected chi connectivity index (χ1v) is 7.25. The molecule has 0 bridgehead atoms. The number of methoxy groups -OCH3 is 1. The molecule has 5 nitrogen and oxygen atoms in total. The summed E-state index contributed by atoms with van der Waals surface area (Å²) in [7, 11) is 1.46. The van der Waals surface area contributed by atoms with Crippen LogP contribution in [0.2, 0.25) is 0 Å². The lowest BCUT2D eigenvalue weighted by atomic mass is 9.84. The molecule has 1 fully saturated rings. The maximum atomic E-state index is 11.8. The molecule has 1 aromatic heterocycles. The fourth-order valence-corrected chi connectivity index (χ4v) is 2.78. The molecule has 0 amide bonds. The van der Waals surface area contributed by atoms with Gasteiger partial charge in [-0.1, -0.05) is 0 Å². The quantitative estimate of drug-likeness (QED) is 0.798. The van der Waals surface area contributed by atoms with Crippen molar-refractivity contribution in [3.05, 3.63) is 12.4 Å². The zero-order valence-electron chi connectivity index (χ0n) is 13.1. The van der Waals surface area contributed by atoms with Crippen molar-refractivity contribution in [3.63, 3.8) is 0 Å². The molecule has 112 valence electrons. The molecule has 0 N–H and O–H groups in total. The number of aromatic nitrogens is 2. The van der Waals surface area contributed by atoms with Gasteiger partial charge in [-0.05, 0) is 40.5 Å². The van der Waals surface area contributed by atoms with E-state index in [0.717, 1.165) is 18.5 Å². The summed E-state index contributed by atoms with van der Waals surface area (Å²) in [5.74, 6) is -0.155. The van der Waals surface area contributed by atoms with Crippen LogP contribution < -0.4 is 4.90 Å². The predicted octanol–water partition coefficient (Wildman–Crippen LogP) is 2.63. The second-order valence-electron chi connectivity index (χ2n) is 6.45. The number of piperidine rings is 1. The van der Waals surface area contributed by atoms with Crippen molar-refractivity contribution in [1.29, 1.82) is 0 Å². The molecule has 0 aliphatic carbocycles. The first-order chi connectivity index (χ1) is 9.35. The highest BCUT2D eigenvalue weighted by Crippen LogP contribution is 2.35. The molecule has 0 saturated carbocycles. The maximum Gasteiger partial charge on any atom is 0.310 e. The third kappa shape index (κ3) is 2.81. The Morgan fingerprint density at radius 3 is 2.75 bits per heavy atom. The smallest absolute Gasteiger partial charge is 0.310 e. The van der Waals surface area contributed by atoms with Crippen molar-refractivity contribution < 1.29 is 9.53 Å². The van der Waals surface area contributed by atoms with E-state index in [-0.39, 0.29) is 17.4 Å². The summed E-state index contributed by atoms with van der Waals surface area (Å²) in [6.07, 6.45) is 5.81. The summed E-state index contributed by atoms with van der Waals surface area (Å²) in [6, 6.07) is 0.341. The monoisotopic (exact) mass is 279 g/mol. The summed E-state index contributed by atoms with van der Waals surface area (Å²) in [5.41, 5.74) is 1.12. The molecule has 5 heteroatoms. The number of ether oxygens (including phenoxy) is 1. The zero-order valence-corrected chi connectivity index (χ0v) is 13.1. The molecular weight excluding hydrogens is 254 g/mol. The number of carbonyl (C=O) groups is 1. The first kappa shape index (κ1) is 14.9. The van der Waals surface area contributed by atoms with Gasteiger partial charge in [0.15, 0.2) is 0 Å². The maximum absolute atomic E-state index is 11.8. The molecule has 0 aromatic carbocycles. The van der Waals surface area contributed by atoms with Crippen LogP contribution in [-0.2, 0) is 9.53 Å². The molecule has 1 aliphatic rings. The van der Waals surface area contributed by atoms with Crippen LogP contribution in [0.25, 0.3) is 0 Å². The van der Waals surface area contributed by atoms with Gasteiger partial charge < -0.3 is 9.64 Å². The molecule has 1 atom stereocenters. The van der Waals surface area contributed by atoms with Crippen LogP contribution in [0.4, 0.5) is 5.69 Å². The Hall–Kier alpha value is -1.52. The highest BCUT2D eigenvalue weighted by molar-refractivity contribution is 5.73. The Morgan fingerprint density at radius 2 is 2.20 bits per heavy atom. The van der Waals surface area contributed by atoms with Crippen molar-refractivity contribution in [3.8, 4) is 0 Å². The molecule has 20 heavy (non-hydrogen) atoms. The van der Waals surface area contributed by atoms with Gasteiger partial charge in [0.1, 0.15) is 0 Å².